The van der Waals surface area contributed by atoms with Crippen LogP contribution in [0.3, 0.4) is 0 Å². The van der Waals surface area contributed by atoms with E-state index in [2.05, 4.69) is 10.8 Å². The van der Waals surface area contributed by atoms with Crippen LogP contribution in [0.5, 0.6) is 11.5 Å². The second kappa shape index (κ2) is 18.3. The smallest absolute Gasteiger partial charge is 0.344 e. The molecule has 14 heteroatoms. The highest BCUT2D eigenvalue weighted by Crippen LogP contribution is 2.36. The molecule has 2 atom stereocenters. The van der Waals surface area contributed by atoms with Crippen molar-refractivity contribution in [1.82, 2.24) is 4.72 Å². The van der Waals surface area contributed by atoms with Gasteiger partial charge in [-0.3, -0.25) is 0 Å². The van der Waals surface area contributed by atoms with Gasteiger partial charge in [-0.2, -0.15) is 0 Å². The molecule has 2 aliphatic rings. The molecule has 302 valence electrons. The molecule has 3 N–H and O–H groups in total. The van der Waals surface area contributed by atoms with Gasteiger partial charge in [-0.05, 0) is 133 Å². The molecule has 5 rings (SSSR count). The van der Waals surface area contributed by atoms with Crippen molar-refractivity contribution in [1.29, 1.82) is 0 Å². The van der Waals surface area contributed by atoms with E-state index in [0.29, 0.717) is 18.6 Å². The molecule has 55 heavy (non-hydrogen) atoms. The average molecular weight is 801 g/mol. The minimum Gasteiger partial charge on any atom is -0.482 e. The lowest BCUT2D eigenvalue weighted by Crippen LogP contribution is -2.29. The Hall–Kier alpha value is -3.98. The maximum Gasteiger partial charge on any atom is 0.344 e. The van der Waals surface area contributed by atoms with Gasteiger partial charge < -0.3 is 24.7 Å². The largest absolute Gasteiger partial charge is 0.482 e. The van der Waals surface area contributed by atoms with Crippen LogP contribution >= 0.6 is 0 Å². The summed E-state index contributed by atoms with van der Waals surface area (Å²) in [4.78, 5) is 23.7. The number of fused-ring (bicyclic) bond motifs is 2. The van der Waals surface area contributed by atoms with Gasteiger partial charge in [-0.15, -0.1) is 0 Å². The van der Waals surface area contributed by atoms with Crippen LogP contribution in [0.15, 0.2) is 70.5 Å². The van der Waals surface area contributed by atoms with E-state index in [-0.39, 0.29) is 35.0 Å². The van der Waals surface area contributed by atoms with Crippen LogP contribution in [0.4, 0.5) is 0 Å². The quantitative estimate of drug-likeness (QED) is 0.165. The first kappa shape index (κ1) is 43.7. The molecule has 3 aromatic rings. The molecule has 0 amide bonds. The number of sulfone groups is 1. The molecule has 0 radical (unpaired) electrons. The standard InChI is InChI=1S/C24H31NO7S2.C17H25NO3/c1-24(2,3)32-23(26)16-31-22-14-8-12-19-20(22)11-5-6-13-21(19)25-34(29,30)18-10-7-9-17(15-18)33(4,27)28;1-17(2,3)21-16(19)11-20-15-10-6-8-12-13(15)7-4-5-9-14(12)18/h7-10,12,14-15,21,25H,5-6,11,13,16H2,1-4H3;6,8,10,14H,4-5,7,9,11,18H2,1-3H3. The predicted molar refractivity (Wildman–Crippen MR) is 210 cm³/mol. The minimum absolute atomic E-state index is 0.0607. The molecule has 0 bridgehead atoms. The molecule has 0 saturated heterocycles. The molecule has 3 aromatic carbocycles. The molecular formula is C41H56N2O10S2. The summed E-state index contributed by atoms with van der Waals surface area (Å²) in [5, 5.41) is 0. The van der Waals surface area contributed by atoms with Crippen molar-refractivity contribution in [3.63, 3.8) is 0 Å². The number of nitrogens with one attached hydrogen (secondary N) is 1. The van der Waals surface area contributed by atoms with Crippen LogP contribution in [0, 0.1) is 0 Å². The van der Waals surface area contributed by atoms with Crippen molar-refractivity contribution in [3.8, 4) is 11.5 Å². The Morgan fingerprint density at radius 3 is 1.69 bits per heavy atom. The molecule has 2 aliphatic carbocycles. The molecule has 0 spiro atoms. The second-order valence-corrected chi connectivity index (χ2v) is 19.6. The van der Waals surface area contributed by atoms with Gasteiger partial charge in [0, 0.05) is 18.3 Å². The number of nitrogens with two attached hydrogens (primary N) is 1. The van der Waals surface area contributed by atoms with Crippen molar-refractivity contribution in [2.24, 2.45) is 5.73 Å². The number of sulfonamides is 1. The summed E-state index contributed by atoms with van der Waals surface area (Å²) in [6, 6.07) is 16.1. The fourth-order valence-electron chi connectivity index (χ4n) is 6.54. The molecule has 0 fully saturated rings. The van der Waals surface area contributed by atoms with Gasteiger partial charge in [0.1, 0.15) is 22.7 Å². The van der Waals surface area contributed by atoms with E-state index < -0.39 is 43.1 Å². The zero-order valence-electron chi connectivity index (χ0n) is 33.0. The number of esters is 2. The molecule has 2 unspecified atom stereocenters. The van der Waals surface area contributed by atoms with E-state index in [0.717, 1.165) is 78.9 Å². The molecule has 0 saturated carbocycles. The Morgan fingerprint density at radius 1 is 0.691 bits per heavy atom. The summed E-state index contributed by atoms with van der Waals surface area (Å²) in [6.07, 6.45) is 8.10. The predicted octanol–water partition coefficient (Wildman–Crippen LogP) is 6.69. The Bertz CT molecular complexity index is 2030. The normalized spacial score (nSPS) is 17.5. The van der Waals surface area contributed by atoms with Gasteiger partial charge in [0.2, 0.25) is 10.0 Å². The van der Waals surface area contributed by atoms with Gasteiger partial charge in [0.25, 0.3) is 0 Å². The van der Waals surface area contributed by atoms with Crippen molar-refractivity contribution < 1.29 is 45.4 Å². The number of carbonyl (C=O) groups is 2. The topological polar surface area (TPSA) is 177 Å². The summed E-state index contributed by atoms with van der Waals surface area (Å²) in [6.45, 7) is 10.6. The van der Waals surface area contributed by atoms with Crippen molar-refractivity contribution >= 4 is 31.8 Å². The zero-order valence-corrected chi connectivity index (χ0v) is 34.6. The Morgan fingerprint density at radius 2 is 1.16 bits per heavy atom. The number of benzene rings is 3. The Kier molecular flexibility index (Phi) is 14.6. The maximum atomic E-state index is 13.1. The number of hydrogen-bond donors (Lipinski definition) is 2. The van der Waals surface area contributed by atoms with Crippen molar-refractivity contribution in [2.75, 3.05) is 19.5 Å². The molecular weight excluding hydrogens is 745 g/mol. The highest BCUT2D eigenvalue weighted by molar-refractivity contribution is 7.91. The van der Waals surface area contributed by atoms with Crippen LogP contribution in [0.25, 0.3) is 0 Å². The molecule has 0 aliphatic heterocycles. The lowest BCUT2D eigenvalue weighted by Gasteiger charge is -2.22. The van der Waals surface area contributed by atoms with Gasteiger partial charge >= 0.3 is 11.9 Å². The monoisotopic (exact) mass is 800 g/mol. The maximum absolute atomic E-state index is 13.1. The third-order valence-corrected chi connectivity index (χ3v) is 11.4. The van der Waals surface area contributed by atoms with E-state index in [1.54, 1.807) is 32.9 Å². The fraction of sp³-hybridized carbons (Fsp3) is 0.512. The number of carbonyl (C=O) groups excluding carboxylic acids is 2. The van der Waals surface area contributed by atoms with E-state index in [4.69, 9.17) is 24.7 Å². The van der Waals surface area contributed by atoms with Gasteiger partial charge in [0.05, 0.1) is 9.79 Å². The van der Waals surface area contributed by atoms with Crippen LogP contribution in [0.1, 0.15) is 114 Å². The highest BCUT2D eigenvalue weighted by Gasteiger charge is 2.28. The first-order valence-corrected chi connectivity index (χ1v) is 22.0. The van der Waals surface area contributed by atoms with E-state index in [1.807, 2.05) is 39.0 Å². The number of ether oxygens (including phenoxy) is 4. The van der Waals surface area contributed by atoms with Crippen molar-refractivity contribution in [2.45, 2.75) is 126 Å². The van der Waals surface area contributed by atoms with Gasteiger partial charge in [0.15, 0.2) is 23.1 Å². The van der Waals surface area contributed by atoms with Crippen LogP contribution < -0.4 is 19.9 Å². The van der Waals surface area contributed by atoms with E-state index in [9.17, 15) is 26.4 Å². The van der Waals surface area contributed by atoms with E-state index in [1.165, 1.54) is 18.2 Å². The summed E-state index contributed by atoms with van der Waals surface area (Å²) in [5.41, 5.74) is 9.02. The summed E-state index contributed by atoms with van der Waals surface area (Å²) < 4.78 is 74.8. The van der Waals surface area contributed by atoms with Crippen LogP contribution in [0.2, 0.25) is 0 Å². The SMILES string of the molecule is CC(C)(C)OC(=O)COc1cccc2c1CCCCC2N.CC(C)(C)OC(=O)COc1cccc2c1CCCCC2NS(=O)(=O)c1cccc(S(C)(=O)=O)c1. The number of rotatable bonds is 10. The average Bonchev–Trinajstić information content (AvgIpc) is 3.40. The first-order valence-electron chi connectivity index (χ1n) is 18.6. The third kappa shape index (κ3) is 13.3. The lowest BCUT2D eigenvalue weighted by molar-refractivity contribution is -0.158. The van der Waals surface area contributed by atoms with Crippen molar-refractivity contribution in [3.05, 3.63) is 82.9 Å². The van der Waals surface area contributed by atoms with Gasteiger partial charge in [-0.25, -0.2) is 31.1 Å². The minimum atomic E-state index is -3.99. The molecule has 0 heterocycles. The molecule has 0 aromatic heterocycles. The number of hydrogen-bond acceptors (Lipinski definition) is 11. The first-order chi connectivity index (χ1) is 25.6. The van der Waals surface area contributed by atoms with Gasteiger partial charge in [-0.1, -0.05) is 43.2 Å². The lowest BCUT2D eigenvalue weighted by atomic mass is 9.99. The molecule has 12 nitrogen and oxygen atoms in total. The van der Waals surface area contributed by atoms with Crippen LogP contribution in [-0.2, 0) is 51.8 Å². The summed E-state index contributed by atoms with van der Waals surface area (Å²) in [7, 11) is -7.54. The summed E-state index contributed by atoms with van der Waals surface area (Å²) in [5.74, 6) is 0.448. The zero-order chi connectivity index (χ0) is 40.6. The van der Waals surface area contributed by atoms with E-state index >= 15 is 0 Å². The second-order valence-electron chi connectivity index (χ2n) is 15.9. The third-order valence-electron chi connectivity index (χ3n) is 8.85. The van der Waals surface area contributed by atoms with Crippen LogP contribution in [-0.4, -0.2) is 59.4 Å². The highest BCUT2D eigenvalue weighted by atomic mass is 32.2. The Balaban J connectivity index is 0.000000274. The Labute approximate surface area is 326 Å². The summed E-state index contributed by atoms with van der Waals surface area (Å²) >= 11 is 0. The fourth-order valence-corrected chi connectivity index (χ4v) is 8.57.